The first-order valence-corrected chi connectivity index (χ1v) is 10.7. The number of sulfonamides is 1. The van der Waals surface area contributed by atoms with Crippen molar-refractivity contribution >= 4 is 27.7 Å². The van der Waals surface area contributed by atoms with Crippen molar-refractivity contribution in [2.75, 3.05) is 5.75 Å². The van der Waals surface area contributed by atoms with E-state index in [1.54, 1.807) is 12.1 Å². The number of nitrogens with one attached hydrogen (secondary N) is 2. The Morgan fingerprint density at radius 1 is 1.11 bits per heavy atom. The van der Waals surface area contributed by atoms with Gasteiger partial charge < -0.3 is 4.98 Å². The molecule has 3 rings (SSSR count). The van der Waals surface area contributed by atoms with Gasteiger partial charge in [-0.05, 0) is 19.1 Å². The Hall–Kier alpha value is -2.91. The molecule has 0 fully saturated rings. The molecule has 0 atom stereocenters. The van der Waals surface area contributed by atoms with E-state index in [2.05, 4.69) is 9.97 Å². The maximum Gasteiger partial charge on any atom is 0.264 e. The van der Waals surface area contributed by atoms with Crippen molar-refractivity contribution in [2.24, 2.45) is 0 Å². The summed E-state index contributed by atoms with van der Waals surface area (Å²) in [7, 11) is -3.95. The zero-order chi connectivity index (χ0) is 20.1. The van der Waals surface area contributed by atoms with Gasteiger partial charge in [-0.2, -0.15) is 0 Å². The van der Waals surface area contributed by atoms with Crippen LogP contribution in [0.4, 0.5) is 0 Å². The fraction of sp³-hybridized carbons (Fsp3) is 0.105. The first kappa shape index (κ1) is 19.8. The van der Waals surface area contributed by atoms with Gasteiger partial charge in [-0.3, -0.25) is 9.59 Å². The number of carbonyl (C=O) groups excluding carboxylic acids is 1. The maximum absolute atomic E-state index is 12.2. The fourth-order valence-corrected chi connectivity index (χ4v) is 4.10. The monoisotopic (exact) mass is 415 g/mol. The maximum atomic E-state index is 12.2. The third kappa shape index (κ3) is 5.08. The highest BCUT2D eigenvalue weighted by Crippen LogP contribution is 2.18. The van der Waals surface area contributed by atoms with E-state index in [0.29, 0.717) is 5.69 Å². The zero-order valence-corrected chi connectivity index (χ0v) is 16.5. The van der Waals surface area contributed by atoms with Crippen LogP contribution >= 0.6 is 11.8 Å². The van der Waals surface area contributed by atoms with Crippen LogP contribution in [0.3, 0.4) is 0 Å². The second-order valence-corrected chi connectivity index (χ2v) is 8.58. The van der Waals surface area contributed by atoms with Gasteiger partial charge in [-0.1, -0.05) is 59.8 Å². The average Bonchev–Trinajstić information content (AvgIpc) is 2.67. The topological polar surface area (TPSA) is 109 Å². The largest absolute Gasteiger partial charge is 0.301 e. The van der Waals surface area contributed by atoms with E-state index in [1.165, 1.54) is 18.2 Å². The molecule has 2 aromatic carbocycles. The number of thioether (sulfide) groups is 1. The molecular weight excluding hydrogens is 398 g/mol. The summed E-state index contributed by atoms with van der Waals surface area (Å²) >= 11 is 0.947. The molecule has 0 aliphatic rings. The van der Waals surface area contributed by atoms with Gasteiger partial charge in [0.1, 0.15) is 0 Å². The van der Waals surface area contributed by atoms with Crippen LogP contribution in [0.1, 0.15) is 5.56 Å². The van der Waals surface area contributed by atoms with Crippen LogP contribution in [-0.4, -0.2) is 30.0 Å². The van der Waals surface area contributed by atoms with Crippen molar-refractivity contribution in [2.45, 2.75) is 17.0 Å². The highest BCUT2D eigenvalue weighted by atomic mass is 32.2. The lowest BCUT2D eigenvalue weighted by Gasteiger charge is -2.07. The van der Waals surface area contributed by atoms with Gasteiger partial charge >= 0.3 is 0 Å². The van der Waals surface area contributed by atoms with Crippen molar-refractivity contribution in [1.29, 1.82) is 0 Å². The van der Waals surface area contributed by atoms with Gasteiger partial charge in [0.05, 0.1) is 16.3 Å². The minimum absolute atomic E-state index is 0.00839. The Kier molecular flexibility index (Phi) is 5.96. The molecule has 1 heterocycles. The smallest absolute Gasteiger partial charge is 0.264 e. The molecule has 1 amide bonds. The van der Waals surface area contributed by atoms with Crippen LogP contribution < -0.4 is 10.3 Å². The van der Waals surface area contributed by atoms with E-state index >= 15 is 0 Å². The minimum Gasteiger partial charge on any atom is -0.301 e. The normalized spacial score (nSPS) is 11.2. The fourth-order valence-electron chi connectivity index (χ4n) is 2.35. The van der Waals surface area contributed by atoms with Crippen LogP contribution in [0.15, 0.2) is 75.5 Å². The molecule has 0 bridgehead atoms. The lowest BCUT2D eigenvalue weighted by molar-refractivity contribution is -0.116. The van der Waals surface area contributed by atoms with E-state index in [-0.39, 0.29) is 21.4 Å². The van der Waals surface area contributed by atoms with Gasteiger partial charge in [-0.15, -0.1) is 0 Å². The highest BCUT2D eigenvalue weighted by molar-refractivity contribution is 8.00. The lowest BCUT2D eigenvalue weighted by atomic mass is 10.1. The highest BCUT2D eigenvalue weighted by Gasteiger charge is 2.18. The quantitative estimate of drug-likeness (QED) is 0.472. The lowest BCUT2D eigenvalue weighted by Crippen LogP contribution is -2.32. The van der Waals surface area contributed by atoms with Crippen LogP contribution in [0.5, 0.6) is 0 Å². The number of carbonyl (C=O) groups is 1. The molecule has 28 heavy (non-hydrogen) atoms. The second-order valence-electron chi connectivity index (χ2n) is 5.93. The summed E-state index contributed by atoms with van der Waals surface area (Å²) in [4.78, 5) is 30.8. The van der Waals surface area contributed by atoms with Gasteiger partial charge in [0.2, 0.25) is 5.91 Å². The van der Waals surface area contributed by atoms with E-state index < -0.39 is 15.9 Å². The summed E-state index contributed by atoms with van der Waals surface area (Å²) in [5.41, 5.74) is 1.79. The number of aryl methyl sites for hydroxylation is 1. The first-order valence-electron chi connectivity index (χ1n) is 8.25. The molecule has 0 radical (unpaired) electrons. The Morgan fingerprint density at radius 3 is 2.46 bits per heavy atom. The molecular formula is C19H17N3O4S2. The number of benzene rings is 2. The average molecular weight is 415 g/mol. The van der Waals surface area contributed by atoms with E-state index in [1.807, 2.05) is 42.0 Å². The van der Waals surface area contributed by atoms with Gasteiger partial charge in [-0.25, -0.2) is 18.1 Å². The number of hydrogen-bond donors (Lipinski definition) is 2. The summed E-state index contributed by atoms with van der Waals surface area (Å²) in [6.45, 7) is 1.84. The minimum atomic E-state index is -3.95. The number of nitrogens with zero attached hydrogens (tertiary/aromatic N) is 1. The summed E-state index contributed by atoms with van der Waals surface area (Å²) in [6.07, 6.45) is 0. The molecule has 0 aliphatic carbocycles. The number of H-pyrrole nitrogens is 1. The third-order valence-corrected chi connectivity index (χ3v) is 5.97. The summed E-state index contributed by atoms with van der Waals surface area (Å²) in [5.74, 6) is -0.926. The number of amides is 1. The van der Waals surface area contributed by atoms with Gasteiger partial charge in [0.15, 0.2) is 5.16 Å². The first-order chi connectivity index (χ1) is 13.3. The molecule has 1 aromatic heterocycles. The standard InChI is InChI=1S/C19H17N3O4S2/c1-13-7-9-15(10-8-13)28(25,26)22-18(24)12-27-19-20-16(11-17(23)21-19)14-5-3-2-4-6-14/h2-11H,12H2,1H3,(H,22,24)(H,20,21,23). The summed E-state index contributed by atoms with van der Waals surface area (Å²) in [6, 6.07) is 16.7. The number of hydrogen-bond acceptors (Lipinski definition) is 6. The molecule has 144 valence electrons. The molecule has 2 N–H and O–H groups in total. The number of aromatic nitrogens is 2. The van der Waals surface area contributed by atoms with E-state index in [9.17, 15) is 18.0 Å². The molecule has 9 heteroatoms. The van der Waals surface area contributed by atoms with E-state index in [4.69, 9.17) is 0 Å². The van der Waals surface area contributed by atoms with Crippen molar-refractivity contribution in [3.63, 3.8) is 0 Å². The Morgan fingerprint density at radius 2 is 1.79 bits per heavy atom. The van der Waals surface area contributed by atoms with Crippen LogP contribution in [0, 0.1) is 6.92 Å². The molecule has 0 saturated heterocycles. The molecule has 0 unspecified atom stereocenters. The summed E-state index contributed by atoms with van der Waals surface area (Å²) < 4.78 is 26.5. The van der Waals surface area contributed by atoms with E-state index in [0.717, 1.165) is 22.9 Å². The Labute approximate surface area is 166 Å². The van der Waals surface area contributed by atoms with Crippen molar-refractivity contribution in [3.8, 4) is 11.3 Å². The van der Waals surface area contributed by atoms with Crippen molar-refractivity contribution < 1.29 is 13.2 Å². The Bertz CT molecular complexity index is 1140. The van der Waals surface area contributed by atoms with Crippen LogP contribution in [0.25, 0.3) is 11.3 Å². The van der Waals surface area contributed by atoms with Gasteiger partial charge in [0, 0.05) is 11.6 Å². The van der Waals surface area contributed by atoms with Gasteiger partial charge in [0.25, 0.3) is 15.6 Å². The number of rotatable bonds is 6. The van der Waals surface area contributed by atoms with Crippen LogP contribution in [-0.2, 0) is 14.8 Å². The molecule has 7 nitrogen and oxygen atoms in total. The second kappa shape index (κ2) is 8.41. The predicted octanol–water partition coefficient (Wildman–Crippen LogP) is 2.34. The van der Waals surface area contributed by atoms with Crippen LogP contribution in [0.2, 0.25) is 0 Å². The molecule has 0 aliphatic heterocycles. The predicted molar refractivity (Wildman–Crippen MR) is 108 cm³/mol. The van der Waals surface area contributed by atoms with Crippen molar-refractivity contribution in [3.05, 3.63) is 76.6 Å². The van der Waals surface area contributed by atoms with Crippen molar-refractivity contribution in [1.82, 2.24) is 14.7 Å². The number of aromatic amines is 1. The molecule has 0 spiro atoms. The molecule has 0 saturated carbocycles. The summed E-state index contributed by atoms with van der Waals surface area (Å²) in [5, 5.41) is 0.231. The SMILES string of the molecule is Cc1ccc(S(=O)(=O)NC(=O)CSc2nc(-c3ccccc3)cc(=O)[nH]2)cc1. The molecule has 3 aromatic rings. The zero-order valence-electron chi connectivity index (χ0n) is 14.9. The third-order valence-electron chi connectivity index (χ3n) is 3.71. The Balaban J connectivity index is 1.68.